The zero-order valence-corrected chi connectivity index (χ0v) is 18.5. The Kier molecular flexibility index (Phi) is 6.82. The van der Waals surface area contributed by atoms with Crippen LogP contribution in [0.1, 0.15) is 11.1 Å². The van der Waals surface area contributed by atoms with E-state index in [0.29, 0.717) is 13.0 Å². The number of hydrogen-bond donors (Lipinski definition) is 1. The lowest BCUT2D eigenvalue weighted by Crippen LogP contribution is -2.19. The SMILES string of the molecule is CN(C)CCn1ncc2ccc(NC(=O)Cc3ccc(OCc4ccccc4)cc3)cc21. The zero-order chi connectivity index (χ0) is 22.3. The predicted molar refractivity (Wildman–Crippen MR) is 128 cm³/mol. The second-order valence-corrected chi connectivity index (χ2v) is 8.09. The molecule has 0 bridgehead atoms. The second-order valence-electron chi connectivity index (χ2n) is 8.09. The van der Waals surface area contributed by atoms with Gasteiger partial charge in [0.25, 0.3) is 0 Å². The van der Waals surface area contributed by atoms with Gasteiger partial charge >= 0.3 is 0 Å². The molecule has 32 heavy (non-hydrogen) atoms. The lowest BCUT2D eigenvalue weighted by Gasteiger charge is -2.11. The second kappa shape index (κ2) is 10.1. The van der Waals surface area contributed by atoms with Gasteiger partial charge in [-0.15, -0.1) is 0 Å². The Morgan fingerprint density at radius 2 is 1.78 bits per heavy atom. The molecule has 1 amide bonds. The Labute approximate surface area is 188 Å². The molecule has 0 saturated heterocycles. The predicted octanol–water partition coefficient (Wildman–Crippen LogP) is 4.36. The first-order valence-electron chi connectivity index (χ1n) is 10.7. The molecule has 164 valence electrons. The van der Waals surface area contributed by atoms with E-state index in [1.54, 1.807) is 0 Å². The average Bonchev–Trinajstić information content (AvgIpc) is 3.20. The summed E-state index contributed by atoms with van der Waals surface area (Å²) < 4.78 is 7.79. The molecule has 0 radical (unpaired) electrons. The van der Waals surface area contributed by atoms with Crippen LogP contribution in [0.15, 0.2) is 79.0 Å². The highest BCUT2D eigenvalue weighted by Gasteiger charge is 2.08. The maximum Gasteiger partial charge on any atom is 0.228 e. The van der Waals surface area contributed by atoms with Gasteiger partial charge < -0.3 is 15.0 Å². The molecule has 4 rings (SSSR count). The summed E-state index contributed by atoms with van der Waals surface area (Å²) in [7, 11) is 4.08. The maximum absolute atomic E-state index is 12.6. The summed E-state index contributed by atoms with van der Waals surface area (Å²) in [6, 6.07) is 23.6. The van der Waals surface area contributed by atoms with Crippen LogP contribution >= 0.6 is 0 Å². The monoisotopic (exact) mass is 428 g/mol. The number of nitrogens with zero attached hydrogens (tertiary/aromatic N) is 3. The fourth-order valence-corrected chi connectivity index (χ4v) is 3.46. The number of amides is 1. The number of ether oxygens (including phenoxy) is 1. The van der Waals surface area contributed by atoms with E-state index in [-0.39, 0.29) is 5.91 Å². The van der Waals surface area contributed by atoms with Crippen LogP contribution in [0.2, 0.25) is 0 Å². The number of nitrogens with one attached hydrogen (secondary N) is 1. The van der Waals surface area contributed by atoms with Gasteiger partial charge in [0.05, 0.1) is 24.7 Å². The number of rotatable bonds is 9. The van der Waals surface area contributed by atoms with Gasteiger partial charge in [0, 0.05) is 17.6 Å². The summed E-state index contributed by atoms with van der Waals surface area (Å²) in [5, 5.41) is 8.53. The molecule has 0 spiro atoms. The van der Waals surface area contributed by atoms with Crippen molar-refractivity contribution in [2.24, 2.45) is 0 Å². The summed E-state index contributed by atoms with van der Waals surface area (Å²) in [5.74, 6) is 0.733. The summed E-state index contributed by atoms with van der Waals surface area (Å²) in [5.41, 5.74) is 3.85. The van der Waals surface area contributed by atoms with Crippen LogP contribution in [0.5, 0.6) is 5.75 Å². The van der Waals surface area contributed by atoms with Crippen molar-refractivity contribution in [3.05, 3.63) is 90.1 Å². The first kappa shape index (κ1) is 21.6. The highest BCUT2D eigenvalue weighted by molar-refractivity contribution is 5.94. The number of carbonyl (C=O) groups excluding carboxylic acids is 1. The summed E-state index contributed by atoms with van der Waals surface area (Å²) >= 11 is 0. The molecular weight excluding hydrogens is 400 g/mol. The van der Waals surface area contributed by atoms with Gasteiger partial charge in [-0.2, -0.15) is 5.10 Å². The van der Waals surface area contributed by atoms with Crippen molar-refractivity contribution in [2.75, 3.05) is 26.0 Å². The van der Waals surface area contributed by atoms with Gasteiger partial charge in [-0.05, 0) is 55.6 Å². The standard InChI is InChI=1S/C26H28N4O2/c1-29(2)14-15-30-25-17-23(11-10-22(25)18-27-30)28-26(31)16-20-8-12-24(13-9-20)32-19-21-6-4-3-5-7-21/h3-13,17-18H,14-16,19H2,1-2H3,(H,28,31). The highest BCUT2D eigenvalue weighted by atomic mass is 16.5. The quantitative estimate of drug-likeness (QED) is 0.430. The highest BCUT2D eigenvalue weighted by Crippen LogP contribution is 2.20. The summed E-state index contributed by atoms with van der Waals surface area (Å²) in [6.07, 6.45) is 2.16. The van der Waals surface area contributed by atoms with Crippen molar-refractivity contribution >= 4 is 22.5 Å². The van der Waals surface area contributed by atoms with Crippen molar-refractivity contribution < 1.29 is 9.53 Å². The van der Waals surface area contributed by atoms with Crippen molar-refractivity contribution in [3.63, 3.8) is 0 Å². The van der Waals surface area contributed by atoms with E-state index in [9.17, 15) is 4.79 Å². The summed E-state index contributed by atoms with van der Waals surface area (Å²) in [4.78, 5) is 14.7. The number of likely N-dealkylation sites (N-methyl/N-ethyl adjacent to an activating group) is 1. The summed E-state index contributed by atoms with van der Waals surface area (Å²) in [6.45, 7) is 2.22. The van der Waals surface area contributed by atoms with E-state index in [1.807, 2.05) is 97.8 Å². The number of anilines is 1. The molecule has 6 heteroatoms. The molecule has 4 aromatic rings. The lowest BCUT2D eigenvalue weighted by atomic mass is 10.1. The number of aromatic nitrogens is 2. The number of hydrogen-bond acceptors (Lipinski definition) is 4. The normalized spacial score (nSPS) is 11.1. The van der Waals surface area contributed by atoms with Crippen LogP contribution in [0, 0.1) is 0 Å². The van der Waals surface area contributed by atoms with E-state index in [0.717, 1.165) is 46.6 Å². The Bertz CT molecular complexity index is 1170. The maximum atomic E-state index is 12.6. The van der Waals surface area contributed by atoms with Gasteiger partial charge in [0.2, 0.25) is 5.91 Å². The third-order valence-corrected chi connectivity index (χ3v) is 5.22. The zero-order valence-electron chi connectivity index (χ0n) is 18.5. The van der Waals surface area contributed by atoms with E-state index in [4.69, 9.17) is 4.74 Å². The van der Waals surface area contributed by atoms with Crippen molar-refractivity contribution in [2.45, 2.75) is 19.6 Å². The van der Waals surface area contributed by atoms with Gasteiger partial charge in [-0.1, -0.05) is 42.5 Å². The molecule has 0 saturated carbocycles. The molecule has 0 aliphatic rings. The van der Waals surface area contributed by atoms with E-state index < -0.39 is 0 Å². The first-order chi connectivity index (χ1) is 15.6. The Morgan fingerprint density at radius 1 is 1.00 bits per heavy atom. The topological polar surface area (TPSA) is 59.4 Å². The van der Waals surface area contributed by atoms with Crippen LogP contribution in [0.25, 0.3) is 10.9 Å². The largest absolute Gasteiger partial charge is 0.489 e. The third-order valence-electron chi connectivity index (χ3n) is 5.22. The number of carbonyl (C=O) groups is 1. The molecule has 0 fully saturated rings. The Morgan fingerprint density at radius 3 is 2.53 bits per heavy atom. The van der Waals surface area contributed by atoms with Crippen LogP contribution < -0.4 is 10.1 Å². The first-order valence-corrected chi connectivity index (χ1v) is 10.7. The molecule has 1 N–H and O–H groups in total. The third kappa shape index (κ3) is 5.74. The fourth-order valence-electron chi connectivity index (χ4n) is 3.46. The molecule has 1 heterocycles. The smallest absolute Gasteiger partial charge is 0.228 e. The van der Waals surface area contributed by atoms with Crippen LogP contribution in [-0.2, 0) is 24.4 Å². The molecule has 3 aromatic carbocycles. The van der Waals surface area contributed by atoms with Crippen LogP contribution in [-0.4, -0.2) is 41.2 Å². The van der Waals surface area contributed by atoms with E-state index in [1.165, 1.54) is 0 Å². The molecule has 0 unspecified atom stereocenters. The van der Waals surface area contributed by atoms with Crippen molar-refractivity contribution in [1.29, 1.82) is 0 Å². The molecule has 6 nitrogen and oxygen atoms in total. The van der Waals surface area contributed by atoms with E-state index in [2.05, 4.69) is 15.3 Å². The van der Waals surface area contributed by atoms with Gasteiger partial charge in [0.1, 0.15) is 12.4 Å². The molecule has 0 aliphatic carbocycles. The molecule has 1 aromatic heterocycles. The minimum absolute atomic E-state index is 0.0540. The number of benzene rings is 3. The Balaban J connectivity index is 1.34. The van der Waals surface area contributed by atoms with Gasteiger partial charge in [-0.25, -0.2) is 0 Å². The van der Waals surface area contributed by atoms with Gasteiger partial charge in [0.15, 0.2) is 0 Å². The lowest BCUT2D eigenvalue weighted by molar-refractivity contribution is -0.115. The Hall–Kier alpha value is -3.64. The minimum Gasteiger partial charge on any atom is -0.489 e. The molecule has 0 aliphatic heterocycles. The van der Waals surface area contributed by atoms with E-state index >= 15 is 0 Å². The average molecular weight is 429 g/mol. The molecular formula is C26H28N4O2. The van der Waals surface area contributed by atoms with Crippen LogP contribution in [0.4, 0.5) is 5.69 Å². The molecule has 0 atom stereocenters. The van der Waals surface area contributed by atoms with Crippen molar-refractivity contribution in [3.8, 4) is 5.75 Å². The van der Waals surface area contributed by atoms with Crippen LogP contribution in [0.3, 0.4) is 0 Å². The fraction of sp³-hybridized carbons (Fsp3) is 0.231. The minimum atomic E-state index is -0.0540. The number of fused-ring (bicyclic) bond motifs is 1. The van der Waals surface area contributed by atoms with Crippen molar-refractivity contribution in [1.82, 2.24) is 14.7 Å². The van der Waals surface area contributed by atoms with Gasteiger partial charge in [-0.3, -0.25) is 9.48 Å².